The Hall–Kier alpha value is -3.47. The molecule has 1 heterocycles. The van der Waals surface area contributed by atoms with Gasteiger partial charge >= 0.3 is 12.4 Å². The average molecular weight is 501 g/mol. The molecule has 2 aromatic rings. The Kier molecular flexibility index (Phi) is 8.61. The minimum atomic E-state index is -4.81. The van der Waals surface area contributed by atoms with Crippen LogP contribution in [0.4, 0.5) is 30.7 Å². The van der Waals surface area contributed by atoms with Gasteiger partial charge in [0.2, 0.25) is 0 Å². The molecule has 0 spiro atoms. The van der Waals surface area contributed by atoms with Crippen molar-refractivity contribution in [3.63, 3.8) is 0 Å². The van der Waals surface area contributed by atoms with E-state index in [1.54, 1.807) is 0 Å². The number of hydrogen-bond donors (Lipinski definition) is 2. The topological polar surface area (TPSA) is 68.0 Å². The van der Waals surface area contributed by atoms with E-state index in [0.29, 0.717) is 0 Å². The standard InChI is InChI=1S/C24H22F7N3O/c1-4-15(6-5-13(2)23(26,27)28)14(3)34-22(35)18-10-16(20-8-7-19(25)12-33-20)9-17(11-18)21(32)24(29,30)31/h4-12,14,21H,1,32H2,2-3H3,(H,34,35)/b13-5+,15-6+/t14-,21?/m1/s1. The molecule has 0 saturated carbocycles. The van der Waals surface area contributed by atoms with Crippen LogP contribution in [0.3, 0.4) is 0 Å². The summed E-state index contributed by atoms with van der Waals surface area (Å²) in [6, 6.07) is 2.33. The Labute approximate surface area is 197 Å². The van der Waals surface area contributed by atoms with E-state index < -0.39 is 47.3 Å². The predicted molar refractivity (Wildman–Crippen MR) is 118 cm³/mol. The molecular formula is C24H22F7N3O. The Balaban J connectivity index is 2.43. The highest BCUT2D eigenvalue weighted by Gasteiger charge is 2.38. The summed E-state index contributed by atoms with van der Waals surface area (Å²) in [7, 11) is 0. The number of rotatable bonds is 7. The van der Waals surface area contributed by atoms with Crippen molar-refractivity contribution in [3.8, 4) is 11.3 Å². The second-order valence-electron chi connectivity index (χ2n) is 7.64. The van der Waals surface area contributed by atoms with E-state index in [2.05, 4.69) is 16.9 Å². The number of halogens is 7. The summed E-state index contributed by atoms with van der Waals surface area (Å²) in [4.78, 5) is 16.7. The largest absolute Gasteiger partial charge is 0.412 e. The van der Waals surface area contributed by atoms with Gasteiger partial charge in [-0.15, -0.1) is 0 Å². The quantitative estimate of drug-likeness (QED) is 0.351. The van der Waals surface area contributed by atoms with Gasteiger partial charge < -0.3 is 11.1 Å². The highest BCUT2D eigenvalue weighted by molar-refractivity contribution is 5.96. The Bertz CT molecular complexity index is 1130. The summed E-state index contributed by atoms with van der Waals surface area (Å²) in [6.07, 6.45) is -5.28. The molecule has 0 bridgehead atoms. The minimum Gasteiger partial charge on any atom is -0.346 e. The smallest absolute Gasteiger partial charge is 0.346 e. The van der Waals surface area contributed by atoms with Crippen LogP contribution in [0.1, 0.15) is 35.8 Å². The fraction of sp³-hybridized carbons (Fsp3) is 0.250. The highest BCUT2D eigenvalue weighted by atomic mass is 19.4. The van der Waals surface area contributed by atoms with Gasteiger partial charge in [0.25, 0.3) is 5.91 Å². The summed E-state index contributed by atoms with van der Waals surface area (Å²) in [5.74, 6) is -1.48. The summed E-state index contributed by atoms with van der Waals surface area (Å²) in [5, 5.41) is 2.51. The van der Waals surface area contributed by atoms with E-state index in [9.17, 15) is 35.5 Å². The molecule has 1 aromatic heterocycles. The van der Waals surface area contributed by atoms with Gasteiger partial charge in [0.1, 0.15) is 11.9 Å². The number of carbonyl (C=O) groups excluding carboxylic acids is 1. The zero-order chi connectivity index (χ0) is 26.6. The average Bonchev–Trinajstić information content (AvgIpc) is 2.77. The number of nitrogens with two attached hydrogens (primary N) is 1. The normalized spacial score (nSPS) is 14.9. The maximum atomic E-state index is 13.3. The van der Waals surface area contributed by atoms with Gasteiger partial charge in [-0.05, 0) is 55.3 Å². The molecule has 1 aromatic carbocycles. The van der Waals surface area contributed by atoms with E-state index in [1.165, 1.54) is 25.1 Å². The lowest BCUT2D eigenvalue weighted by Gasteiger charge is -2.19. The highest BCUT2D eigenvalue weighted by Crippen LogP contribution is 2.33. The summed E-state index contributed by atoms with van der Waals surface area (Å²) in [6.45, 7) is 5.86. The fourth-order valence-corrected chi connectivity index (χ4v) is 2.91. The number of benzene rings is 1. The maximum Gasteiger partial charge on any atom is 0.412 e. The third-order valence-corrected chi connectivity index (χ3v) is 5.01. The number of amides is 1. The van der Waals surface area contributed by atoms with E-state index in [1.807, 2.05) is 0 Å². The minimum absolute atomic E-state index is 0.0863. The number of aromatic nitrogens is 1. The molecule has 2 rings (SSSR count). The number of pyridine rings is 1. The first-order valence-electron chi connectivity index (χ1n) is 10.1. The molecule has 11 heteroatoms. The molecular weight excluding hydrogens is 479 g/mol. The van der Waals surface area contributed by atoms with Crippen molar-refractivity contribution >= 4 is 5.91 Å². The fourth-order valence-electron chi connectivity index (χ4n) is 2.91. The lowest BCUT2D eigenvalue weighted by atomic mass is 9.97. The molecule has 1 unspecified atom stereocenters. The molecule has 35 heavy (non-hydrogen) atoms. The van der Waals surface area contributed by atoms with Crippen LogP contribution in [0.25, 0.3) is 11.3 Å². The number of hydrogen-bond acceptors (Lipinski definition) is 3. The monoisotopic (exact) mass is 501 g/mol. The SMILES string of the molecule is C=C/C(=C\C=C(/C)C(F)(F)F)[C@@H](C)NC(=O)c1cc(-c2ccc(F)cn2)cc(C(N)C(F)(F)F)c1. The van der Waals surface area contributed by atoms with Crippen LogP contribution in [-0.2, 0) is 0 Å². The third kappa shape index (κ3) is 7.51. The Morgan fingerprint density at radius 2 is 1.77 bits per heavy atom. The van der Waals surface area contributed by atoms with E-state index in [0.717, 1.165) is 43.5 Å². The van der Waals surface area contributed by atoms with Gasteiger partial charge in [0.05, 0.1) is 17.9 Å². The van der Waals surface area contributed by atoms with Gasteiger partial charge in [-0.2, -0.15) is 26.3 Å². The third-order valence-electron chi connectivity index (χ3n) is 5.01. The van der Waals surface area contributed by atoms with Gasteiger partial charge in [-0.25, -0.2) is 4.39 Å². The van der Waals surface area contributed by atoms with E-state index >= 15 is 0 Å². The molecule has 0 radical (unpaired) electrons. The number of alkyl halides is 6. The number of nitrogens with one attached hydrogen (secondary N) is 1. The van der Waals surface area contributed by atoms with Crippen molar-refractivity contribution in [3.05, 3.63) is 89.4 Å². The van der Waals surface area contributed by atoms with Crippen LogP contribution in [0.5, 0.6) is 0 Å². The van der Waals surface area contributed by atoms with Gasteiger partial charge in [-0.1, -0.05) is 24.8 Å². The van der Waals surface area contributed by atoms with Crippen LogP contribution in [0, 0.1) is 5.82 Å². The molecule has 0 aliphatic carbocycles. The number of allylic oxidation sites excluding steroid dienone is 3. The van der Waals surface area contributed by atoms with Crippen LogP contribution in [0.2, 0.25) is 0 Å². The Morgan fingerprint density at radius 3 is 2.29 bits per heavy atom. The van der Waals surface area contributed by atoms with E-state index in [-0.39, 0.29) is 22.4 Å². The molecule has 188 valence electrons. The van der Waals surface area contributed by atoms with E-state index in [4.69, 9.17) is 5.73 Å². The first kappa shape index (κ1) is 27.8. The Morgan fingerprint density at radius 1 is 1.11 bits per heavy atom. The maximum absolute atomic E-state index is 13.3. The summed E-state index contributed by atoms with van der Waals surface area (Å²) in [5.41, 5.74) is 4.23. The van der Waals surface area contributed by atoms with Crippen LogP contribution in [-0.4, -0.2) is 29.3 Å². The van der Waals surface area contributed by atoms with Gasteiger partial charge in [0.15, 0.2) is 0 Å². The molecule has 0 aliphatic heterocycles. The van der Waals surface area contributed by atoms with Gasteiger partial charge in [0, 0.05) is 16.7 Å². The number of carbonyl (C=O) groups is 1. The summed E-state index contributed by atoms with van der Waals surface area (Å²) < 4.78 is 91.1. The van der Waals surface area contributed by atoms with Crippen LogP contribution >= 0.6 is 0 Å². The zero-order valence-electron chi connectivity index (χ0n) is 18.6. The van der Waals surface area contributed by atoms with Gasteiger partial charge in [-0.3, -0.25) is 9.78 Å². The molecule has 0 fully saturated rings. The van der Waals surface area contributed by atoms with Crippen LogP contribution in [0.15, 0.2) is 72.5 Å². The molecule has 0 saturated heterocycles. The summed E-state index contributed by atoms with van der Waals surface area (Å²) >= 11 is 0. The second-order valence-corrected chi connectivity index (χ2v) is 7.64. The van der Waals surface area contributed by atoms with Crippen molar-refractivity contribution in [2.24, 2.45) is 5.73 Å². The van der Waals surface area contributed by atoms with Crippen molar-refractivity contribution in [2.75, 3.05) is 0 Å². The first-order valence-corrected chi connectivity index (χ1v) is 10.1. The molecule has 3 N–H and O–H groups in total. The molecule has 4 nitrogen and oxygen atoms in total. The van der Waals surface area contributed by atoms with Crippen molar-refractivity contribution in [2.45, 2.75) is 38.3 Å². The lowest BCUT2D eigenvalue weighted by molar-refractivity contribution is -0.149. The second kappa shape index (κ2) is 10.9. The van der Waals surface area contributed by atoms with Crippen molar-refractivity contribution in [1.82, 2.24) is 10.3 Å². The van der Waals surface area contributed by atoms with Crippen molar-refractivity contribution in [1.29, 1.82) is 0 Å². The first-order chi connectivity index (χ1) is 16.1. The predicted octanol–water partition coefficient (Wildman–Crippen LogP) is 6.19. The zero-order valence-corrected chi connectivity index (χ0v) is 18.6. The number of nitrogens with zero attached hydrogens (tertiary/aromatic N) is 1. The lowest BCUT2D eigenvalue weighted by Crippen LogP contribution is -2.34. The molecule has 0 aliphatic rings. The van der Waals surface area contributed by atoms with Crippen molar-refractivity contribution < 1.29 is 35.5 Å². The molecule has 2 atom stereocenters. The van der Waals surface area contributed by atoms with Crippen LogP contribution < -0.4 is 11.1 Å². The molecule has 1 amide bonds.